The summed E-state index contributed by atoms with van der Waals surface area (Å²) in [6.45, 7) is 1.64. The second kappa shape index (κ2) is 7.65. The molecule has 0 aliphatic carbocycles. The van der Waals surface area contributed by atoms with Crippen molar-refractivity contribution in [2.75, 3.05) is 29.1 Å². The van der Waals surface area contributed by atoms with E-state index in [4.69, 9.17) is 11.6 Å². The average molecular weight is 332 g/mol. The summed E-state index contributed by atoms with van der Waals surface area (Å²) in [6.07, 6.45) is 0. The van der Waals surface area contributed by atoms with Gasteiger partial charge in [-0.3, -0.25) is 9.59 Å². The number of halogens is 1. The number of hydrogen-bond donors (Lipinski definition) is 2. The van der Waals surface area contributed by atoms with E-state index in [1.165, 1.54) is 6.92 Å². The van der Waals surface area contributed by atoms with Gasteiger partial charge in [0, 0.05) is 36.1 Å². The van der Waals surface area contributed by atoms with E-state index in [-0.39, 0.29) is 18.4 Å². The minimum atomic E-state index is -0.169. The van der Waals surface area contributed by atoms with Gasteiger partial charge >= 0.3 is 0 Å². The predicted molar refractivity (Wildman–Crippen MR) is 94.1 cm³/mol. The Morgan fingerprint density at radius 2 is 1.78 bits per heavy atom. The molecule has 2 amide bonds. The molecule has 2 aromatic carbocycles. The van der Waals surface area contributed by atoms with Gasteiger partial charge in [0.2, 0.25) is 11.8 Å². The first-order valence-corrected chi connectivity index (χ1v) is 7.47. The Kier molecular flexibility index (Phi) is 5.60. The highest BCUT2D eigenvalue weighted by molar-refractivity contribution is 6.30. The molecule has 0 spiro atoms. The van der Waals surface area contributed by atoms with Gasteiger partial charge in [-0.1, -0.05) is 17.7 Å². The van der Waals surface area contributed by atoms with E-state index in [1.54, 1.807) is 36.2 Å². The zero-order valence-electron chi connectivity index (χ0n) is 13.0. The lowest BCUT2D eigenvalue weighted by molar-refractivity contribution is -0.116. The van der Waals surface area contributed by atoms with Gasteiger partial charge in [-0.05, 0) is 42.5 Å². The van der Waals surface area contributed by atoms with Crippen LogP contribution in [0.1, 0.15) is 6.92 Å². The van der Waals surface area contributed by atoms with Gasteiger partial charge in [-0.2, -0.15) is 0 Å². The van der Waals surface area contributed by atoms with Crippen molar-refractivity contribution >= 4 is 40.5 Å². The van der Waals surface area contributed by atoms with Crippen LogP contribution in [0, 0.1) is 0 Å². The number of rotatable bonds is 5. The van der Waals surface area contributed by atoms with Crippen molar-refractivity contribution in [2.24, 2.45) is 0 Å². The van der Waals surface area contributed by atoms with Gasteiger partial charge in [0.1, 0.15) is 0 Å². The maximum Gasteiger partial charge on any atom is 0.243 e. The highest BCUT2D eigenvalue weighted by atomic mass is 35.5. The number of hydrogen-bond acceptors (Lipinski definition) is 3. The van der Waals surface area contributed by atoms with Gasteiger partial charge < -0.3 is 15.5 Å². The maximum absolute atomic E-state index is 11.9. The van der Waals surface area contributed by atoms with Crippen molar-refractivity contribution in [3.05, 3.63) is 53.6 Å². The van der Waals surface area contributed by atoms with Crippen molar-refractivity contribution in [3.63, 3.8) is 0 Å². The molecule has 0 bridgehead atoms. The lowest BCUT2D eigenvalue weighted by Gasteiger charge is -2.15. The minimum Gasteiger partial charge on any atom is -0.376 e. The van der Waals surface area contributed by atoms with Crippen LogP contribution in [0.4, 0.5) is 17.1 Å². The van der Waals surface area contributed by atoms with Crippen molar-refractivity contribution in [2.45, 2.75) is 6.92 Å². The van der Waals surface area contributed by atoms with Crippen molar-refractivity contribution in [1.29, 1.82) is 0 Å². The molecule has 0 atom stereocenters. The Morgan fingerprint density at radius 1 is 1.09 bits per heavy atom. The van der Waals surface area contributed by atoms with Crippen LogP contribution in [-0.4, -0.2) is 25.4 Å². The smallest absolute Gasteiger partial charge is 0.243 e. The maximum atomic E-state index is 11.9. The molecule has 23 heavy (non-hydrogen) atoms. The Labute approximate surface area is 140 Å². The van der Waals surface area contributed by atoms with Gasteiger partial charge in [-0.15, -0.1) is 0 Å². The van der Waals surface area contributed by atoms with Crippen LogP contribution in [0.2, 0.25) is 5.02 Å². The van der Waals surface area contributed by atoms with Crippen LogP contribution in [0.5, 0.6) is 0 Å². The van der Waals surface area contributed by atoms with Crippen LogP contribution in [0.25, 0.3) is 0 Å². The van der Waals surface area contributed by atoms with E-state index in [1.807, 2.05) is 24.3 Å². The molecule has 0 radical (unpaired) electrons. The summed E-state index contributed by atoms with van der Waals surface area (Å²) in [4.78, 5) is 24.7. The lowest BCUT2D eigenvalue weighted by atomic mass is 10.2. The topological polar surface area (TPSA) is 61.4 Å². The number of amides is 2. The molecule has 120 valence electrons. The fraction of sp³-hybridized carbons (Fsp3) is 0.176. The van der Waals surface area contributed by atoms with E-state index in [0.717, 1.165) is 11.4 Å². The van der Waals surface area contributed by atoms with Gasteiger partial charge in [0.25, 0.3) is 0 Å². The van der Waals surface area contributed by atoms with E-state index < -0.39 is 0 Å². The normalized spacial score (nSPS) is 10.0. The summed E-state index contributed by atoms with van der Waals surface area (Å²) in [6, 6.07) is 14.3. The Bertz CT molecular complexity index is 701. The second-order valence-electron chi connectivity index (χ2n) is 5.04. The Balaban J connectivity index is 1.88. The highest BCUT2D eigenvalue weighted by Crippen LogP contribution is 2.17. The molecule has 0 saturated heterocycles. The molecule has 2 N–H and O–H groups in total. The van der Waals surface area contributed by atoms with Crippen molar-refractivity contribution in [3.8, 4) is 0 Å². The van der Waals surface area contributed by atoms with Crippen LogP contribution in [0.15, 0.2) is 48.5 Å². The van der Waals surface area contributed by atoms with Crippen LogP contribution >= 0.6 is 11.6 Å². The molecule has 0 fully saturated rings. The molecular weight excluding hydrogens is 314 g/mol. The third kappa shape index (κ3) is 5.00. The molecule has 0 unspecified atom stereocenters. The average Bonchev–Trinajstić information content (AvgIpc) is 2.52. The standard InChI is InChI=1S/C17H18ClN3O2/c1-12(22)21(2)16-8-6-14(7-9-16)19-11-17(23)20-15-5-3-4-13(18)10-15/h3-10,19H,11H2,1-2H3,(H,20,23). The van der Waals surface area contributed by atoms with E-state index in [9.17, 15) is 9.59 Å². The fourth-order valence-corrected chi connectivity index (χ4v) is 2.13. The third-order valence-corrected chi connectivity index (χ3v) is 3.52. The second-order valence-corrected chi connectivity index (χ2v) is 5.47. The molecule has 0 saturated carbocycles. The first-order chi connectivity index (χ1) is 11.0. The zero-order valence-corrected chi connectivity index (χ0v) is 13.7. The summed E-state index contributed by atoms with van der Waals surface area (Å²) >= 11 is 5.87. The summed E-state index contributed by atoms with van der Waals surface area (Å²) in [5, 5.41) is 6.36. The summed E-state index contributed by atoms with van der Waals surface area (Å²) in [5.41, 5.74) is 2.25. The largest absolute Gasteiger partial charge is 0.376 e. The third-order valence-electron chi connectivity index (χ3n) is 3.29. The summed E-state index contributed by atoms with van der Waals surface area (Å²) < 4.78 is 0. The molecule has 6 heteroatoms. The number of carbonyl (C=O) groups is 2. The van der Waals surface area contributed by atoms with Gasteiger partial charge in [0.05, 0.1) is 6.54 Å². The highest BCUT2D eigenvalue weighted by Gasteiger charge is 2.06. The predicted octanol–water partition coefficient (Wildman–Crippen LogP) is 3.37. The minimum absolute atomic E-state index is 0.0355. The molecule has 2 aromatic rings. The summed E-state index contributed by atoms with van der Waals surface area (Å²) in [7, 11) is 1.71. The van der Waals surface area contributed by atoms with Crippen molar-refractivity contribution in [1.82, 2.24) is 0 Å². The number of nitrogens with one attached hydrogen (secondary N) is 2. The fourth-order valence-electron chi connectivity index (χ4n) is 1.94. The zero-order chi connectivity index (χ0) is 16.8. The lowest BCUT2D eigenvalue weighted by Crippen LogP contribution is -2.23. The first kappa shape index (κ1) is 16.8. The molecule has 0 aliphatic heterocycles. The van der Waals surface area contributed by atoms with Crippen LogP contribution in [-0.2, 0) is 9.59 Å². The van der Waals surface area contributed by atoms with E-state index >= 15 is 0 Å². The number of anilines is 3. The Hall–Kier alpha value is -2.53. The summed E-state index contributed by atoms with van der Waals surface area (Å²) in [5.74, 6) is -0.205. The SMILES string of the molecule is CC(=O)N(C)c1ccc(NCC(=O)Nc2cccc(Cl)c2)cc1. The molecule has 2 rings (SSSR count). The van der Waals surface area contributed by atoms with Gasteiger partial charge in [-0.25, -0.2) is 0 Å². The number of benzene rings is 2. The molecule has 0 aliphatic rings. The van der Waals surface area contributed by atoms with E-state index in [2.05, 4.69) is 10.6 Å². The van der Waals surface area contributed by atoms with Crippen LogP contribution < -0.4 is 15.5 Å². The number of carbonyl (C=O) groups excluding carboxylic acids is 2. The van der Waals surface area contributed by atoms with Crippen LogP contribution in [0.3, 0.4) is 0 Å². The molecular formula is C17H18ClN3O2. The Morgan fingerprint density at radius 3 is 2.39 bits per heavy atom. The first-order valence-electron chi connectivity index (χ1n) is 7.09. The number of nitrogens with zero attached hydrogens (tertiary/aromatic N) is 1. The quantitative estimate of drug-likeness (QED) is 0.883. The van der Waals surface area contributed by atoms with Gasteiger partial charge in [0.15, 0.2) is 0 Å². The van der Waals surface area contributed by atoms with E-state index in [0.29, 0.717) is 10.7 Å². The molecule has 5 nitrogen and oxygen atoms in total. The molecule has 0 heterocycles. The van der Waals surface area contributed by atoms with Crippen molar-refractivity contribution < 1.29 is 9.59 Å². The molecule has 0 aromatic heterocycles. The monoisotopic (exact) mass is 331 g/mol.